The molecule has 1 saturated carbocycles. The zero-order chi connectivity index (χ0) is 28.6. The average molecular weight is 580 g/mol. The largest absolute Gasteiger partial charge is 0.497 e. The number of ether oxygens (including phenoxy) is 2. The Balaban J connectivity index is 1.93. The van der Waals surface area contributed by atoms with E-state index in [9.17, 15) is 18.0 Å². The van der Waals surface area contributed by atoms with Gasteiger partial charge in [-0.2, -0.15) is 0 Å². The van der Waals surface area contributed by atoms with Crippen LogP contribution in [0.1, 0.15) is 51.0 Å². The van der Waals surface area contributed by atoms with Crippen LogP contribution in [0.5, 0.6) is 11.5 Å². The predicted octanol–water partition coefficient (Wildman–Crippen LogP) is 4.38. The van der Waals surface area contributed by atoms with Crippen molar-refractivity contribution in [2.45, 2.75) is 64.1 Å². The van der Waals surface area contributed by atoms with Crippen molar-refractivity contribution in [3.05, 3.63) is 53.1 Å². The van der Waals surface area contributed by atoms with Gasteiger partial charge in [0.25, 0.3) is 0 Å². The van der Waals surface area contributed by atoms with E-state index in [0.29, 0.717) is 17.9 Å². The molecule has 0 aliphatic heterocycles. The molecule has 0 bridgehead atoms. The molecule has 1 aliphatic carbocycles. The fourth-order valence-corrected chi connectivity index (χ4v) is 5.91. The Labute approximate surface area is 236 Å². The van der Waals surface area contributed by atoms with Crippen molar-refractivity contribution in [1.82, 2.24) is 10.2 Å². The zero-order valence-corrected chi connectivity index (χ0v) is 24.6. The number of hydrogen-bond donors (Lipinski definition) is 1. The number of nitrogens with zero attached hydrogens (tertiary/aromatic N) is 2. The lowest BCUT2D eigenvalue weighted by atomic mass is 9.95. The molecular formula is C28H38ClN3O6S. The second-order valence-corrected chi connectivity index (χ2v) is 12.0. The molecule has 0 aromatic heterocycles. The molecule has 0 radical (unpaired) electrons. The summed E-state index contributed by atoms with van der Waals surface area (Å²) in [6.07, 6.45) is 6.49. The highest BCUT2D eigenvalue weighted by molar-refractivity contribution is 7.92. The molecule has 1 unspecified atom stereocenters. The number of nitrogens with one attached hydrogen (secondary N) is 1. The van der Waals surface area contributed by atoms with Crippen LogP contribution in [0.4, 0.5) is 5.69 Å². The SMILES string of the molecule is CCC(C(=O)NC1CCCCC1)N(Cc1ccc(OC)cc1)C(=O)CN(c1ccc(OC)c(Cl)c1)S(C)(=O)=O. The van der Waals surface area contributed by atoms with Gasteiger partial charge in [0.05, 0.1) is 31.2 Å². The Morgan fingerprint density at radius 2 is 1.72 bits per heavy atom. The van der Waals surface area contributed by atoms with Crippen molar-refractivity contribution in [3.63, 3.8) is 0 Å². The van der Waals surface area contributed by atoms with Crippen molar-refractivity contribution in [2.24, 2.45) is 0 Å². The lowest BCUT2D eigenvalue weighted by Crippen LogP contribution is -2.53. The first-order chi connectivity index (χ1) is 18.6. The van der Waals surface area contributed by atoms with Gasteiger partial charge in [0, 0.05) is 12.6 Å². The summed E-state index contributed by atoms with van der Waals surface area (Å²) in [5.74, 6) is 0.309. The van der Waals surface area contributed by atoms with Gasteiger partial charge in [0.15, 0.2) is 0 Å². The van der Waals surface area contributed by atoms with Gasteiger partial charge in [-0.05, 0) is 55.2 Å². The molecule has 214 valence electrons. The van der Waals surface area contributed by atoms with Crippen molar-refractivity contribution in [1.29, 1.82) is 0 Å². The maximum atomic E-state index is 13.9. The van der Waals surface area contributed by atoms with E-state index in [1.54, 1.807) is 25.3 Å². The van der Waals surface area contributed by atoms with Gasteiger partial charge >= 0.3 is 0 Å². The summed E-state index contributed by atoms with van der Waals surface area (Å²) >= 11 is 6.26. The third-order valence-corrected chi connectivity index (χ3v) is 8.39. The van der Waals surface area contributed by atoms with Gasteiger partial charge in [0.1, 0.15) is 24.1 Å². The van der Waals surface area contributed by atoms with Crippen molar-refractivity contribution in [2.75, 3.05) is 31.3 Å². The number of anilines is 1. The number of sulfonamides is 1. The summed E-state index contributed by atoms with van der Waals surface area (Å²) < 4.78 is 37.0. The number of methoxy groups -OCH3 is 2. The van der Waals surface area contributed by atoms with E-state index >= 15 is 0 Å². The number of hydrogen-bond acceptors (Lipinski definition) is 6. The minimum Gasteiger partial charge on any atom is -0.497 e. The van der Waals surface area contributed by atoms with Crippen LogP contribution in [0.25, 0.3) is 0 Å². The van der Waals surface area contributed by atoms with Gasteiger partial charge in [-0.15, -0.1) is 0 Å². The van der Waals surface area contributed by atoms with Crippen molar-refractivity contribution in [3.8, 4) is 11.5 Å². The van der Waals surface area contributed by atoms with Crippen LogP contribution in [-0.4, -0.2) is 64.2 Å². The molecule has 1 fully saturated rings. The molecule has 3 rings (SSSR count). The first kappa shape index (κ1) is 30.6. The zero-order valence-electron chi connectivity index (χ0n) is 23.0. The van der Waals surface area contributed by atoms with E-state index in [0.717, 1.165) is 48.2 Å². The molecule has 9 nitrogen and oxygen atoms in total. The molecule has 39 heavy (non-hydrogen) atoms. The second kappa shape index (κ2) is 13.9. The summed E-state index contributed by atoms with van der Waals surface area (Å²) in [6, 6.07) is 11.0. The number of carbonyl (C=O) groups is 2. The van der Waals surface area contributed by atoms with Crippen LogP contribution in [0, 0.1) is 0 Å². The van der Waals surface area contributed by atoms with Gasteiger partial charge in [-0.3, -0.25) is 13.9 Å². The Morgan fingerprint density at radius 3 is 2.26 bits per heavy atom. The number of amides is 2. The molecule has 1 N–H and O–H groups in total. The predicted molar refractivity (Wildman–Crippen MR) is 153 cm³/mol. The van der Waals surface area contributed by atoms with Gasteiger partial charge in [-0.1, -0.05) is 49.9 Å². The quantitative estimate of drug-likeness (QED) is 0.400. The van der Waals surface area contributed by atoms with Crippen molar-refractivity contribution >= 4 is 39.1 Å². The maximum absolute atomic E-state index is 13.9. The van der Waals surface area contributed by atoms with E-state index in [-0.39, 0.29) is 29.2 Å². The van der Waals surface area contributed by atoms with Crippen LogP contribution in [0.15, 0.2) is 42.5 Å². The lowest BCUT2D eigenvalue weighted by molar-refractivity contribution is -0.140. The summed E-state index contributed by atoms with van der Waals surface area (Å²) in [5, 5.41) is 3.34. The van der Waals surface area contributed by atoms with E-state index in [1.165, 1.54) is 24.1 Å². The first-order valence-electron chi connectivity index (χ1n) is 13.1. The number of benzene rings is 2. The third kappa shape index (κ3) is 8.25. The van der Waals surface area contributed by atoms with E-state index in [1.807, 2.05) is 19.1 Å². The maximum Gasteiger partial charge on any atom is 0.244 e. The highest BCUT2D eigenvalue weighted by atomic mass is 35.5. The van der Waals surface area contributed by atoms with Crippen molar-refractivity contribution < 1.29 is 27.5 Å². The van der Waals surface area contributed by atoms with Crippen LogP contribution in [0.2, 0.25) is 5.02 Å². The van der Waals surface area contributed by atoms with E-state index < -0.39 is 28.5 Å². The van der Waals surface area contributed by atoms with Crippen LogP contribution >= 0.6 is 11.6 Å². The summed E-state index contributed by atoms with van der Waals surface area (Å²) in [7, 11) is -0.845. The van der Waals surface area contributed by atoms with Gasteiger partial charge < -0.3 is 19.7 Å². The minimum atomic E-state index is -3.87. The summed E-state index contributed by atoms with van der Waals surface area (Å²) in [6.45, 7) is 1.47. The molecule has 11 heteroatoms. The first-order valence-corrected chi connectivity index (χ1v) is 15.3. The van der Waals surface area contributed by atoms with E-state index in [4.69, 9.17) is 21.1 Å². The average Bonchev–Trinajstić information content (AvgIpc) is 2.91. The molecule has 2 aromatic carbocycles. The topological polar surface area (TPSA) is 105 Å². The number of carbonyl (C=O) groups excluding carboxylic acids is 2. The highest BCUT2D eigenvalue weighted by Gasteiger charge is 2.33. The standard InChI is InChI=1S/C28H38ClN3O6S/c1-5-25(28(34)30-21-9-7-6-8-10-21)31(18-20-11-14-23(37-2)15-12-20)27(33)19-32(39(4,35)36)22-13-16-26(38-3)24(29)17-22/h11-17,21,25H,5-10,18-19H2,1-4H3,(H,30,34). The molecule has 1 aliphatic rings. The molecule has 0 saturated heterocycles. The van der Waals surface area contributed by atoms with Gasteiger partial charge in [0.2, 0.25) is 21.8 Å². The Morgan fingerprint density at radius 1 is 1.05 bits per heavy atom. The molecule has 0 spiro atoms. The summed E-state index contributed by atoms with van der Waals surface area (Å²) in [4.78, 5) is 28.8. The smallest absolute Gasteiger partial charge is 0.244 e. The Kier molecular flexibility index (Phi) is 10.9. The molecule has 2 aromatic rings. The van der Waals surface area contributed by atoms with Crippen LogP contribution in [0.3, 0.4) is 0 Å². The van der Waals surface area contributed by atoms with Crippen LogP contribution < -0.4 is 19.1 Å². The Bertz CT molecular complexity index is 1230. The summed E-state index contributed by atoms with van der Waals surface area (Å²) in [5.41, 5.74) is 1.01. The molecule has 2 amide bonds. The fraction of sp³-hybridized carbons (Fsp3) is 0.500. The fourth-order valence-electron chi connectivity index (χ4n) is 4.82. The Hall–Kier alpha value is -2.98. The molecule has 0 heterocycles. The minimum absolute atomic E-state index is 0.0761. The third-order valence-electron chi connectivity index (χ3n) is 6.95. The lowest BCUT2D eigenvalue weighted by Gasteiger charge is -2.34. The molecular weight excluding hydrogens is 542 g/mol. The highest BCUT2D eigenvalue weighted by Crippen LogP contribution is 2.30. The number of halogens is 1. The monoisotopic (exact) mass is 579 g/mol. The molecule has 1 atom stereocenters. The number of rotatable bonds is 12. The van der Waals surface area contributed by atoms with Gasteiger partial charge in [-0.25, -0.2) is 8.42 Å². The second-order valence-electron chi connectivity index (χ2n) is 9.73. The normalized spacial score (nSPS) is 14.8. The van der Waals surface area contributed by atoms with E-state index in [2.05, 4.69) is 5.32 Å². The van der Waals surface area contributed by atoms with Crippen LogP contribution in [-0.2, 0) is 26.2 Å².